The zero-order chi connectivity index (χ0) is 16.0. The van der Waals surface area contributed by atoms with Gasteiger partial charge in [0.1, 0.15) is 5.75 Å². The maximum Gasteiger partial charge on any atom is 0.322 e. The van der Waals surface area contributed by atoms with Crippen molar-refractivity contribution in [3.05, 3.63) is 24.3 Å². The van der Waals surface area contributed by atoms with Crippen molar-refractivity contribution < 1.29 is 19.4 Å². The number of amides is 2. The second kappa shape index (κ2) is 7.47. The molecule has 1 aliphatic heterocycles. The lowest BCUT2D eigenvalue weighted by atomic mass is 9.85. The van der Waals surface area contributed by atoms with Gasteiger partial charge in [-0.05, 0) is 43.5 Å². The lowest BCUT2D eigenvalue weighted by molar-refractivity contribution is -0.0108. The van der Waals surface area contributed by atoms with Gasteiger partial charge in [-0.3, -0.25) is 0 Å². The van der Waals surface area contributed by atoms with Crippen LogP contribution in [0, 0.1) is 0 Å². The second-order valence-electron chi connectivity index (χ2n) is 5.53. The molecule has 2 amide bonds. The Labute approximate surface area is 131 Å². The molecule has 6 nitrogen and oxygen atoms in total. The summed E-state index contributed by atoms with van der Waals surface area (Å²) in [5.74, 6) is 0.743. The van der Waals surface area contributed by atoms with Gasteiger partial charge >= 0.3 is 6.03 Å². The molecule has 6 heteroatoms. The predicted octanol–water partition coefficient (Wildman–Crippen LogP) is 2.09. The quantitative estimate of drug-likeness (QED) is 0.874. The van der Waals surface area contributed by atoms with E-state index in [2.05, 4.69) is 5.32 Å². The monoisotopic (exact) mass is 308 g/mol. The van der Waals surface area contributed by atoms with Gasteiger partial charge in [-0.25, -0.2) is 4.79 Å². The number of nitrogens with zero attached hydrogens (tertiary/aromatic N) is 1. The van der Waals surface area contributed by atoms with Gasteiger partial charge in [0.2, 0.25) is 0 Å². The number of hydrogen-bond donors (Lipinski definition) is 2. The molecule has 1 aromatic rings. The Hall–Kier alpha value is -1.79. The largest absolute Gasteiger partial charge is 0.497 e. The Bertz CT molecular complexity index is 478. The highest BCUT2D eigenvalue weighted by Gasteiger charge is 2.38. The maximum absolute atomic E-state index is 12.5. The highest BCUT2D eigenvalue weighted by atomic mass is 16.5. The van der Waals surface area contributed by atoms with E-state index in [1.54, 1.807) is 43.3 Å². The number of nitrogens with one attached hydrogen (secondary N) is 1. The van der Waals surface area contributed by atoms with Crippen LogP contribution in [0.3, 0.4) is 0 Å². The summed E-state index contributed by atoms with van der Waals surface area (Å²) in [6.07, 6.45) is 2.03. The summed E-state index contributed by atoms with van der Waals surface area (Å²) in [4.78, 5) is 14.2. The molecule has 1 aromatic carbocycles. The Morgan fingerprint density at radius 3 is 2.55 bits per heavy atom. The average Bonchev–Trinajstić information content (AvgIpc) is 2.56. The van der Waals surface area contributed by atoms with Crippen molar-refractivity contribution in [1.29, 1.82) is 0 Å². The van der Waals surface area contributed by atoms with Gasteiger partial charge < -0.3 is 24.8 Å². The van der Waals surface area contributed by atoms with Crippen LogP contribution < -0.4 is 10.1 Å². The van der Waals surface area contributed by atoms with E-state index in [0.29, 0.717) is 25.3 Å². The number of carbonyl (C=O) groups excluding carboxylic acids is 1. The lowest BCUT2D eigenvalue weighted by Crippen LogP contribution is -2.54. The van der Waals surface area contributed by atoms with E-state index in [0.717, 1.165) is 18.6 Å². The first-order valence-electron chi connectivity index (χ1n) is 7.49. The summed E-state index contributed by atoms with van der Waals surface area (Å²) in [5.41, 5.74) is 0.368. The lowest BCUT2D eigenvalue weighted by Gasteiger charge is -2.44. The van der Waals surface area contributed by atoms with Crippen LogP contribution in [0.5, 0.6) is 5.75 Å². The Morgan fingerprint density at radius 2 is 2.00 bits per heavy atom. The molecule has 2 rings (SSSR count). The van der Waals surface area contributed by atoms with Crippen molar-refractivity contribution in [1.82, 2.24) is 4.90 Å². The van der Waals surface area contributed by atoms with Crippen molar-refractivity contribution in [3.8, 4) is 5.75 Å². The SMILES string of the molecule is COc1ccc(NC(=O)N(C)C2(CCO)CCOCC2)cc1. The molecule has 1 heterocycles. The van der Waals surface area contributed by atoms with Crippen molar-refractivity contribution in [2.75, 3.05) is 39.3 Å². The van der Waals surface area contributed by atoms with Crippen LogP contribution in [0.2, 0.25) is 0 Å². The fraction of sp³-hybridized carbons (Fsp3) is 0.562. The molecule has 0 spiro atoms. The molecule has 0 unspecified atom stereocenters. The Balaban J connectivity index is 2.05. The minimum absolute atomic E-state index is 0.0557. The number of aliphatic hydroxyl groups is 1. The fourth-order valence-corrected chi connectivity index (χ4v) is 2.81. The van der Waals surface area contributed by atoms with Crippen LogP contribution in [0.15, 0.2) is 24.3 Å². The van der Waals surface area contributed by atoms with Crippen LogP contribution in [-0.4, -0.2) is 55.6 Å². The minimum Gasteiger partial charge on any atom is -0.497 e. The van der Waals surface area contributed by atoms with Gasteiger partial charge in [-0.15, -0.1) is 0 Å². The van der Waals surface area contributed by atoms with Crippen LogP contribution in [-0.2, 0) is 4.74 Å². The van der Waals surface area contributed by atoms with E-state index in [9.17, 15) is 9.90 Å². The molecule has 0 bridgehead atoms. The van der Waals surface area contributed by atoms with Gasteiger partial charge in [0.05, 0.1) is 12.6 Å². The fourth-order valence-electron chi connectivity index (χ4n) is 2.81. The first-order chi connectivity index (χ1) is 10.6. The van der Waals surface area contributed by atoms with Crippen LogP contribution in [0.25, 0.3) is 0 Å². The first-order valence-corrected chi connectivity index (χ1v) is 7.49. The molecule has 0 aliphatic carbocycles. The summed E-state index contributed by atoms with van der Waals surface area (Å²) in [5, 5.41) is 12.2. The third-order valence-electron chi connectivity index (χ3n) is 4.36. The predicted molar refractivity (Wildman–Crippen MR) is 84.3 cm³/mol. The number of hydrogen-bond acceptors (Lipinski definition) is 4. The highest BCUT2D eigenvalue weighted by Crippen LogP contribution is 2.31. The van der Waals surface area contributed by atoms with E-state index in [4.69, 9.17) is 9.47 Å². The summed E-state index contributed by atoms with van der Waals surface area (Å²) < 4.78 is 10.5. The number of aliphatic hydroxyl groups excluding tert-OH is 1. The smallest absolute Gasteiger partial charge is 0.322 e. The van der Waals surface area contributed by atoms with E-state index >= 15 is 0 Å². The number of ether oxygens (including phenoxy) is 2. The zero-order valence-electron chi connectivity index (χ0n) is 13.2. The van der Waals surface area contributed by atoms with Gasteiger partial charge in [0.15, 0.2) is 0 Å². The molecule has 1 aliphatic rings. The number of urea groups is 1. The Kier molecular flexibility index (Phi) is 5.63. The van der Waals surface area contributed by atoms with E-state index < -0.39 is 0 Å². The summed E-state index contributed by atoms with van der Waals surface area (Å²) in [6, 6.07) is 7.02. The highest BCUT2D eigenvalue weighted by molar-refractivity contribution is 5.89. The third kappa shape index (κ3) is 3.69. The minimum atomic E-state index is -0.344. The maximum atomic E-state index is 12.5. The van der Waals surface area contributed by atoms with Gasteiger partial charge in [0.25, 0.3) is 0 Å². The molecule has 0 atom stereocenters. The molecule has 2 N–H and O–H groups in total. The van der Waals surface area contributed by atoms with Gasteiger partial charge in [-0.2, -0.15) is 0 Å². The van der Waals surface area contributed by atoms with Crippen LogP contribution in [0.4, 0.5) is 10.5 Å². The van der Waals surface area contributed by atoms with Crippen molar-refractivity contribution in [2.24, 2.45) is 0 Å². The summed E-state index contributed by atoms with van der Waals surface area (Å²) >= 11 is 0. The molecule has 1 saturated heterocycles. The van der Waals surface area contributed by atoms with Gasteiger partial charge in [-0.1, -0.05) is 0 Å². The second-order valence-corrected chi connectivity index (χ2v) is 5.53. The van der Waals surface area contributed by atoms with E-state index in [1.165, 1.54) is 0 Å². The topological polar surface area (TPSA) is 71.0 Å². The molecule has 0 saturated carbocycles. The number of carbonyl (C=O) groups is 1. The molecule has 122 valence electrons. The number of benzene rings is 1. The number of anilines is 1. The van der Waals surface area contributed by atoms with Crippen molar-refractivity contribution in [2.45, 2.75) is 24.8 Å². The molecular weight excluding hydrogens is 284 g/mol. The standard InChI is InChI=1S/C16H24N2O4/c1-18(16(7-10-19)8-11-22-12-9-16)15(20)17-13-3-5-14(21-2)6-4-13/h3-6,19H,7-12H2,1-2H3,(H,17,20). The molecule has 0 radical (unpaired) electrons. The molecular formula is C16H24N2O4. The van der Waals surface area contributed by atoms with Crippen molar-refractivity contribution in [3.63, 3.8) is 0 Å². The van der Waals surface area contributed by atoms with Crippen LogP contribution >= 0.6 is 0 Å². The first kappa shape index (κ1) is 16.6. The van der Waals surface area contributed by atoms with Gasteiger partial charge in [0, 0.05) is 32.6 Å². The zero-order valence-corrected chi connectivity index (χ0v) is 13.2. The normalized spacial score (nSPS) is 16.9. The third-order valence-corrected chi connectivity index (χ3v) is 4.36. The number of methoxy groups -OCH3 is 1. The van der Waals surface area contributed by atoms with E-state index in [-0.39, 0.29) is 18.2 Å². The summed E-state index contributed by atoms with van der Waals surface area (Å²) in [7, 11) is 3.38. The van der Waals surface area contributed by atoms with Crippen LogP contribution in [0.1, 0.15) is 19.3 Å². The molecule has 1 fully saturated rings. The molecule has 22 heavy (non-hydrogen) atoms. The van der Waals surface area contributed by atoms with E-state index in [1.807, 2.05) is 0 Å². The number of rotatable bonds is 5. The average molecular weight is 308 g/mol. The molecule has 0 aromatic heterocycles. The van der Waals surface area contributed by atoms with Crippen molar-refractivity contribution >= 4 is 11.7 Å². The Morgan fingerprint density at radius 1 is 1.36 bits per heavy atom. The summed E-state index contributed by atoms with van der Waals surface area (Å²) in [6.45, 7) is 1.28.